The normalized spacial score (nSPS) is 51.2. The molecular formula is C33H39NO6. The number of benzene rings is 1. The molecule has 1 aliphatic heterocycles. The zero-order valence-corrected chi connectivity index (χ0v) is 23.3. The number of ketones is 2. The predicted octanol–water partition coefficient (Wildman–Crippen LogP) is 3.32. The molecule has 6 aliphatic carbocycles. The van der Waals surface area contributed by atoms with E-state index in [1.165, 1.54) is 5.56 Å². The molecule has 7 heteroatoms. The first kappa shape index (κ1) is 25.5. The summed E-state index contributed by atoms with van der Waals surface area (Å²) in [6, 6.07) is 8.27. The van der Waals surface area contributed by atoms with Gasteiger partial charge in [0.05, 0.1) is 12.2 Å². The third kappa shape index (κ3) is 3.03. The van der Waals surface area contributed by atoms with E-state index in [0.717, 1.165) is 43.2 Å². The van der Waals surface area contributed by atoms with Gasteiger partial charge in [-0.15, -0.1) is 0 Å². The molecule has 1 saturated heterocycles. The number of Topliss-reactive ketones (excluding diaryl/α,β-unsaturated/α-hetero) is 1. The van der Waals surface area contributed by atoms with Crippen LogP contribution in [-0.2, 0) is 25.5 Å². The van der Waals surface area contributed by atoms with E-state index >= 15 is 0 Å². The summed E-state index contributed by atoms with van der Waals surface area (Å²) in [5, 5.41) is 22.0. The fraction of sp³-hybridized carbons (Fsp3) is 0.636. The van der Waals surface area contributed by atoms with Crippen LogP contribution in [0.2, 0.25) is 0 Å². The molecule has 0 amide bonds. The Labute approximate surface area is 234 Å². The highest BCUT2D eigenvalue weighted by atomic mass is 16.7. The van der Waals surface area contributed by atoms with Crippen molar-refractivity contribution in [1.82, 2.24) is 0 Å². The van der Waals surface area contributed by atoms with Gasteiger partial charge < -0.3 is 25.4 Å². The number of hydrogen-bond donors (Lipinski definition) is 3. The highest BCUT2D eigenvalue weighted by Gasteiger charge is 2.80. The maximum atomic E-state index is 13.7. The zero-order valence-electron chi connectivity index (χ0n) is 23.3. The highest BCUT2D eigenvalue weighted by molar-refractivity contribution is 6.01. The monoisotopic (exact) mass is 545 g/mol. The van der Waals surface area contributed by atoms with Crippen molar-refractivity contribution in [3.8, 4) is 0 Å². The van der Waals surface area contributed by atoms with Gasteiger partial charge in [-0.05, 0) is 79.9 Å². The second-order valence-electron chi connectivity index (χ2n) is 14.5. The molecule has 7 aliphatic rings. The quantitative estimate of drug-likeness (QED) is 0.519. The van der Waals surface area contributed by atoms with Crippen LogP contribution in [0.4, 0.5) is 0 Å². The van der Waals surface area contributed by atoms with Crippen LogP contribution in [0.15, 0.2) is 48.1 Å². The van der Waals surface area contributed by atoms with Crippen LogP contribution in [0.1, 0.15) is 69.8 Å². The Kier molecular flexibility index (Phi) is 4.99. The lowest BCUT2D eigenvalue weighted by Gasteiger charge is -2.59. The minimum absolute atomic E-state index is 0.0112. The van der Waals surface area contributed by atoms with Gasteiger partial charge in [-0.1, -0.05) is 49.8 Å². The number of fused-ring (bicyclic) bond motifs is 8. The topological polar surface area (TPSA) is 119 Å². The van der Waals surface area contributed by atoms with Crippen LogP contribution in [0, 0.1) is 34.0 Å². The largest absolute Gasteiger partial charge is 0.393 e. The third-order valence-electron chi connectivity index (χ3n) is 12.7. The first-order valence-electron chi connectivity index (χ1n) is 15.0. The number of carbonyl (C=O) groups is 2. The van der Waals surface area contributed by atoms with Crippen molar-refractivity contribution in [2.24, 2.45) is 39.7 Å². The SMILES string of the molecule is CC12C=CC(=O)C=C1CCC1C2C(O)CC2(C)C1CC1OC(c3ccc(CC45CC4(N)C5)cc3)OC12C(=O)CO. The van der Waals surface area contributed by atoms with Crippen molar-refractivity contribution in [3.05, 3.63) is 59.2 Å². The summed E-state index contributed by atoms with van der Waals surface area (Å²) in [6.45, 7) is 3.58. The number of nitrogens with two attached hydrogens (primary N) is 1. The molecule has 9 unspecified atom stereocenters. The van der Waals surface area contributed by atoms with Crippen LogP contribution in [0.25, 0.3) is 0 Å². The van der Waals surface area contributed by atoms with E-state index in [-0.39, 0.29) is 40.3 Å². The van der Waals surface area contributed by atoms with E-state index in [4.69, 9.17) is 15.2 Å². The molecule has 8 rings (SSSR count). The Morgan fingerprint density at radius 1 is 1.18 bits per heavy atom. The summed E-state index contributed by atoms with van der Waals surface area (Å²) in [5.41, 5.74) is 7.47. The zero-order chi connectivity index (χ0) is 27.9. The number of aliphatic hydroxyl groups is 2. The molecule has 7 nitrogen and oxygen atoms in total. The van der Waals surface area contributed by atoms with Crippen LogP contribution in [0.3, 0.4) is 0 Å². The van der Waals surface area contributed by atoms with E-state index in [1.807, 2.05) is 18.2 Å². The van der Waals surface area contributed by atoms with Gasteiger partial charge in [0, 0.05) is 27.9 Å². The van der Waals surface area contributed by atoms with E-state index in [2.05, 4.69) is 26.0 Å². The molecule has 1 aromatic rings. The van der Waals surface area contributed by atoms with Gasteiger partial charge in [-0.3, -0.25) is 9.59 Å². The summed E-state index contributed by atoms with van der Waals surface area (Å²) in [7, 11) is 0. The van der Waals surface area contributed by atoms with Gasteiger partial charge in [0.15, 0.2) is 23.5 Å². The van der Waals surface area contributed by atoms with E-state index in [0.29, 0.717) is 18.3 Å². The Morgan fingerprint density at radius 2 is 1.90 bits per heavy atom. The summed E-state index contributed by atoms with van der Waals surface area (Å²) in [4.78, 5) is 25.8. The number of allylic oxidation sites excluding steroid dienone is 4. The van der Waals surface area contributed by atoms with Gasteiger partial charge in [-0.2, -0.15) is 0 Å². The molecule has 0 spiro atoms. The molecule has 9 atom stereocenters. The number of hydrogen-bond acceptors (Lipinski definition) is 7. The summed E-state index contributed by atoms with van der Waals surface area (Å²) in [6.07, 6.45) is 9.37. The maximum absolute atomic E-state index is 13.7. The van der Waals surface area contributed by atoms with E-state index < -0.39 is 36.1 Å². The Morgan fingerprint density at radius 3 is 2.58 bits per heavy atom. The van der Waals surface area contributed by atoms with Crippen molar-refractivity contribution >= 4 is 11.6 Å². The van der Waals surface area contributed by atoms with Crippen molar-refractivity contribution in [2.75, 3.05) is 6.61 Å². The van der Waals surface area contributed by atoms with Gasteiger partial charge in [0.25, 0.3) is 0 Å². The molecular weight excluding hydrogens is 506 g/mol. The Balaban J connectivity index is 1.10. The summed E-state index contributed by atoms with van der Waals surface area (Å²) in [5.74, 6) is -0.174. The molecule has 0 radical (unpaired) electrons. The second kappa shape index (κ2) is 7.81. The van der Waals surface area contributed by atoms with Crippen LogP contribution >= 0.6 is 0 Å². The molecule has 0 bridgehead atoms. The van der Waals surface area contributed by atoms with Crippen molar-refractivity contribution < 1.29 is 29.3 Å². The van der Waals surface area contributed by atoms with Gasteiger partial charge in [-0.25, -0.2) is 0 Å². The fourth-order valence-corrected chi connectivity index (χ4v) is 10.4. The molecule has 1 heterocycles. The van der Waals surface area contributed by atoms with Crippen molar-refractivity contribution in [1.29, 1.82) is 0 Å². The average molecular weight is 546 g/mol. The second-order valence-corrected chi connectivity index (χ2v) is 14.5. The van der Waals surface area contributed by atoms with E-state index in [9.17, 15) is 19.8 Å². The van der Waals surface area contributed by atoms with E-state index in [1.54, 1.807) is 12.2 Å². The minimum atomic E-state index is -1.32. The predicted molar refractivity (Wildman–Crippen MR) is 146 cm³/mol. The molecule has 40 heavy (non-hydrogen) atoms. The molecule has 6 fully saturated rings. The smallest absolute Gasteiger partial charge is 0.193 e. The number of carbonyl (C=O) groups excluding carboxylic acids is 2. The van der Waals surface area contributed by atoms with Gasteiger partial charge >= 0.3 is 0 Å². The average Bonchev–Trinajstić information content (AvgIpc) is 3.52. The van der Waals surface area contributed by atoms with Crippen molar-refractivity contribution in [2.45, 2.75) is 88.4 Å². The maximum Gasteiger partial charge on any atom is 0.193 e. The lowest BCUT2D eigenvalue weighted by Crippen LogP contribution is -2.63. The number of rotatable bonds is 5. The summed E-state index contributed by atoms with van der Waals surface area (Å²) < 4.78 is 13.3. The third-order valence-corrected chi connectivity index (χ3v) is 12.7. The first-order valence-corrected chi connectivity index (χ1v) is 15.0. The fourth-order valence-electron chi connectivity index (χ4n) is 10.4. The van der Waals surface area contributed by atoms with Crippen molar-refractivity contribution in [3.63, 3.8) is 0 Å². The first-order chi connectivity index (χ1) is 19.0. The molecule has 5 saturated carbocycles. The van der Waals surface area contributed by atoms with Crippen LogP contribution in [-0.4, -0.2) is 51.7 Å². The van der Waals surface area contributed by atoms with Gasteiger partial charge in [0.1, 0.15) is 6.61 Å². The number of aliphatic hydroxyl groups excluding tert-OH is 2. The van der Waals surface area contributed by atoms with Gasteiger partial charge in [0.2, 0.25) is 0 Å². The lowest BCUT2D eigenvalue weighted by atomic mass is 9.46. The minimum Gasteiger partial charge on any atom is -0.393 e. The Hall–Kier alpha value is -2.16. The molecule has 4 N–H and O–H groups in total. The standard InChI is InChI=1S/C33H39NO6/c1-29-10-9-21(36)11-20(29)7-8-22-23-12-26-33(25(38)15-35,30(23,2)14-24(37)27(22)29)40-28(39-26)19-5-3-18(4-6-19)13-31-16-32(31,34)17-31/h3-6,9-11,22-24,26-28,35,37H,7-8,12-17,34H2,1-2H3. The molecule has 1 aromatic carbocycles. The summed E-state index contributed by atoms with van der Waals surface area (Å²) >= 11 is 0. The van der Waals surface area contributed by atoms with Crippen LogP contribution < -0.4 is 5.73 Å². The highest BCUT2D eigenvalue weighted by Crippen LogP contribution is 2.78. The lowest BCUT2D eigenvalue weighted by molar-refractivity contribution is -0.201. The van der Waals surface area contributed by atoms with Crippen LogP contribution in [0.5, 0.6) is 0 Å². The Bertz CT molecular complexity index is 1380. The molecule has 0 aromatic heterocycles. The number of ether oxygens (including phenoxy) is 2. The molecule has 212 valence electrons.